The number of nitrogens with zero attached hydrogens (tertiary/aromatic N) is 3. The first-order valence-electron chi connectivity index (χ1n) is 12.4. The Hall–Kier alpha value is -3.59. The van der Waals surface area contributed by atoms with Crippen LogP contribution in [0.15, 0.2) is 84.0 Å². The smallest absolute Gasteiger partial charge is 0.251 e. The third-order valence-electron chi connectivity index (χ3n) is 5.98. The molecule has 0 saturated carbocycles. The van der Waals surface area contributed by atoms with E-state index in [1.54, 1.807) is 72.7 Å². The van der Waals surface area contributed by atoms with Crippen molar-refractivity contribution in [2.24, 2.45) is 0 Å². The molecule has 2 amide bonds. The van der Waals surface area contributed by atoms with Crippen LogP contribution in [0.3, 0.4) is 0 Å². The first-order valence-corrected chi connectivity index (χ1v) is 14.2. The number of rotatable bonds is 10. The summed E-state index contributed by atoms with van der Waals surface area (Å²) in [5, 5.41) is 4.56. The monoisotopic (exact) mass is 594 g/mol. The number of hydrogen-bond donors (Lipinski definition) is 1. The van der Waals surface area contributed by atoms with Gasteiger partial charge in [0.2, 0.25) is 5.91 Å². The van der Waals surface area contributed by atoms with Crippen molar-refractivity contribution in [3.05, 3.63) is 111 Å². The number of aryl methyl sites for hydroxylation is 2. The van der Waals surface area contributed by atoms with Crippen molar-refractivity contribution in [1.82, 2.24) is 14.9 Å². The summed E-state index contributed by atoms with van der Waals surface area (Å²) in [6, 6.07) is 22.0. The molecular weight excluding hydrogens is 567 g/mol. The molecule has 4 aromatic rings. The van der Waals surface area contributed by atoms with Gasteiger partial charge in [-0.05, 0) is 79.6 Å². The van der Waals surface area contributed by atoms with Crippen LogP contribution in [0.25, 0.3) is 0 Å². The molecule has 206 valence electrons. The Kier molecular flexibility index (Phi) is 10.0. The Balaban J connectivity index is 1.69. The molecule has 10 heteroatoms. The van der Waals surface area contributed by atoms with Gasteiger partial charge in [-0.1, -0.05) is 59.2 Å². The zero-order valence-corrected chi connectivity index (χ0v) is 24.6. The SMILES string of the molecule is COc1ccc(NC(=O)[C@H](c2ccc(Cl)cc2)N(Cc2ccc(Cl)cc2)C(=O)CSc2nc(C)cc(C)n2)cc1. The predicted octanol–water partition coefficient (Wildman–Crippen LogP) is 6.91. The van der Waals surface area contributed by atoms with E-state index in [2.05, 4.69) is 15.3 Å². The average Bonchev–Trinajstić information content (AvgIpc) is 2.93. The molecule has 7 nitrogen and oxygen atoms in total. The average molecular weight is 596 g/mol. The van der Waals surface area contributed by atoms with Crippen LogP contribution < -0.4 is 10.1 Å². The van der Waals surface area contributed by atoms with Gasteiger partial charge < -0.3 is 15.0 Å². The number of amides is 2. The Morgan fingerprint density at radius 2 is 1.48 bits per heavy atom. The minimum absolute atomic E-state index is 0.0381. The molecule has 1 heterocycles. The largest absolute Gasteiger partial charge is 0.497 e. The van der Waals surface area contributed by atoms with Crippen LogP contribution in [0, 0.1) is 13.8 Å². The Morgan fingerprint density at radius 3 is 2.05 bits per heavy atom. The van der Waals surface area contributed by atoms with Gasteiger partial charge in [0, 0.05) is 33.7 Å². The molecule has 0 aliphatic carbocycles. The van der Waals surface area contributed by atoms with E-state index < -0.39 is 6.04 Å². The summed E-state index contributed by atoms with van der Waals surface area (Å²) in [7, 11) is 1.57. The van der Waals surface area contributed by atoms with Gasteiger partial charge in [-0.15, -0.1) is 0 Å². The van der Waals surface area contributed by atoms with Crippen LogP contribution >= 0.6 is 35.0 Å². The summed E-state index contributed by atoms with van der Waals surface area (Å²) in [6.45, 7) is 3.94. The fraction of sp³-hybridized carbons (Fsp3) is 0.200. The number of methoxy groups -OCH3 is 1. The number of hydrogen-bond acceptors (Lipinski definition) is 6. The maximum absolute atomic E-state index is 13.9. The van der Waals surface area contributed by atoms with Crippen molar-refractivity contribution >= 4 is 52.5 Å². The lowest BCUT2D eigenvalue weighted by atomic mass is 10.0. The van der Waals surface area contributed by atoms with Crippen LogP contribution in [0.2, 0.25) is 10.0 Å². The Morgan fingerprint density at radius 1 is 0.900 bits per heavy atom. The molecule has 3 aromatic carbocycles. The molecule has 1 atom stereocenters. The van der Waals surface area contributed by atoms with E-state index in [9.17, 15) is 9.59 Å². The third-order valence-corrected chi connectivity index (χ3v) is 7.31. The van der Waals surface area contributed by atoms with E-state index in [0.717, 1.165) is 17.0 Å². The highest BCUT2D eigenvalue weighted by molar-refractivity contribution is 7.99. The van der Waals surface area contributed by atoms with Gasteiger partial charge in [-0.3, -0.25) is 9.59 Å². The van der Waals surface area contributed by atoms with Gasteiger partial charge in [0.15, 0.2) is 5.16 Å². The second kappa shape index (κ2) is 13.7. The topological polar surface area (TPSA) is 84.4 Å². The van der Waals surface area contributed by atoms with E-state index in [-0.39, 0.29) is 24.1 Å². The van der Waals surface area contributed by atoms with Gasteiger partial charge >= 0.3 is 0 Å². The molecule has 40 heavy (non-hydrogen) atoms. The van der Waals surface area contributed by atoms with Crippen molar-refractivity contribution < 1.29 is 14.3 Å². The first kappa shape index (κ1) is 29.4. The summed E-state index contributed by atoms with van der Waals surface area (Å²) in [5.74, 6) is 0.0727. The van der Waals surface area contributed by atoms with E-state index >= 15 is 0 Å². The normalized spacial score (nSPS) is 11.5. The lowest BCUT2D eigenvalue weighted by molar-refractivity contribution is -0.137. The molecule has 4 rings (SSSR count). The minimum Gasteiger partial charge on any atom is -0.497 e. The highest BCUT2D eigenvalue weighted by Gasteiger charge is 2.32. The highest BCUT2D eigenvalue weighted by Crippen LogP contribution is 2.29. The molecule has 0 spiro atoms. The molecule has 0 fully saturated rings. The van der Waals surface area contributed by atoms with Crippen molar-refractivity contribution in [2.45, 2.75) is 31.6 Å². The van der Waals surface area contributed by atoms with Crippen molar-refractivity contribution in [3.63, 3.8) is 0 Å². The summed E-state index contributed by atoms with van der Waals surface area (Å²) in [4.78, 5) is 38.2. The molecule has 0 aliphatic heterocycles. The number of carbonyl (C=O) groups excluding carboxylic acids is 2. The van der Waals surface area contributed by atoms with Crippen molar-refractivity contribution in [1.29, 1.82) is 0 Å². The van der Waals surface area contributed by atoms with E-state index in [4.69, 9.17) is 27.9 Å². The molecule has 1 N–H and O–H groups in total. The van der Waals surface area contributed by atoms with Crippen LogP contribution in [0.4, 0.5) is 5.69 Å². The molecule has 0 aliphatic rings. The number of anilines is 1. The maximum Gasteiger partial charge on any atom is 0.251 e. The van der Waals surface area contributed by atoms with E-state index in [1.165, 1.54) is 11.8 Å². The van der Waals surface area contributed by atoms with E-state index in [1.807, 2.05) is 32.0 Å². The lowest BCUT2D eigenvalue weighted by Gasteiger charge is -2.31. The zero-order valence-electron chi connectivity index (χ0n) is 22.2. The Labute approximate surface area is 247 Å². The van der Waals surface area contributed by atoms with Crippen LogP contribution in [-0.4, -0.2) is 39.5 Å². The summed E-state index contributed by atoms with van der Waals surface area (Å²) < 4.78 is 5.22. The fourth-order valence-electron chi connectivity index (χ4n) is 4.08. The second-order valence-electron chi connectivity index (χ2n) is 9.04. The Bertz CT molecular complexity index is 1450. The number of carbonyl (C=O) groups is 2. The second-order valence-corrected chi connectivity index (χ2v) is 10.9. The summed E-state index contributed by atoms with van der Waals surface area (Å²) in [6.07, 6.45) is 0. The van der Waals surface area contributed by atoms with Gasteiger partial charge in [0.25, 0.3) is 5.91 Å². The van der Waals surface area contributed by atoms with Gasteiger partial charge in [-0.2, -0.15) is 0 Å². The highest BCUT2D eigenvalue weighted by atomic mass is 35.5. The fourth-order valence-corrected chi connectivity index (χ4v) is 5.17. The standard InChI is InChI=1S/C30H28Cl2N4O3S/c1-19-16-20(2)34-30(33-19)40-18-27(37)36(17-21-4-8-23(31)9-5-21)28(22-6-10-24(32)11-7-22)29(38)35-25-12-14-26(39-3)15-13-25/h4-16,28H,17-18H2,1-3H3,(H,35,38)/t28-/m0/s1. The predicted molar refractivity (Wildman–Crippen MR) is 160 cm³/mol. The molecule has 0 unspecified atom stereocenters. The molecule has 0 bridgehead atoms. The molecular formula is C30H28Cl2N4O3S. The van der Waals surface area contributed by atoms with Gasteiger partial charge in [0.1, 0.15) is 11.8 Å². The van der Waals surface area contributed by atoms with Crippen LogP contribution in [0.1, 0.15) is 28.6 Å². The van der Waals surface area contributed by atoms with Gasteiger partial charge in [-0.25, -0.2) is 9.97 Å². The number of aromatic nitrogens is 2. The van der Waals surface area contributed by atoms with E-state index in [0.29, 0.717) is 32.2 Å². The minimum atomic E-state index is -0.955. The van der Waals surface area contributed by atoms with Crippen molar-refractivity contribution in [3.8, 4) is 5.75 Å². The van der Waals surface area contributed by atoms with Crippen molar-refractivity contribution in [2.75, 3.05) is 18.2 Å². The third kappa shape index (κ3) is 7.97. The maximum atomic E-state index is 13.9. The molecule has 1 aromatic heterocycles. The number of benzene rings is 3. The first-order chi connectivity index (χ1) is 19.2. The quantitative estimate of drug-likeness (QED) is 0.159. The van der Waals surface area contributed by atoms with Gasteiger partial charge in [0.05, 0.1) is 12.9 Å². The zero-order chi connectivity index (χ0) is 28.6. The number of nitrogens with one attached hydrogen (secondary N) is 1. The summed E-state index contributed by atoms with van der Waals surface area (Å²) >= 11 is 13.5. The van der Waals surface area contributed by atoms with Crippen LogP contribution in [0.5, 0.6) is 5.75 Å². The van der Waals surface area contributed by atoms with Crippen LogP contribution in [-0.2, 0) is 16.1 Å². The molecule has 0 radical (unpaired) electrons. The summed E-state index contributed by atoms with van der Waals surface area (Å²) in [5.41, 5.74) is 3.64. The number of ether oxygens (including phenoxy) is 1. The molecule has 0 saturated heterocycles. The number of thioether (sulfide) groups is 1. The lowest BCUT2D eigenvalue weighted by Crippen LogP contribution is -2.41. The number of halogens is 2.